The lowest BCUT2D eigenvalue weighted by Crippen LogP contribution is -2.34. The van der Waals surface area contributed by atoms with Gasteiger partial charge in [0.2, 0.25) is 10.0 Å². The molecule has 0 radical (unpaired) electrons. The molecule has 16 heavy (non-hydrogen) atoms. The minimum atomic E-state index is -3.12. The third kappa shape index (κ3) is 2.96. The Balaban J connectivity index is 1.91. The molecule has 0 bridgehead atoms. The third-order valence-electron chi connectivity index (χ3n) is 3.69. The van der Waals surface area contributed by atoms with Crippen molar-refractivity contribution in [3.05, 3.63) is 0 Å². The van der Waals surface area contributed by atoms with Crippen molar-refractivity contribution in [1.82, 2.24) is 4.31 Å². The molecule has 1 N–H and O–H groups in total. The van der Waals surface area contributed by atoms with Crippen molar-refractivity contribution in [3.63, 3.8) is 0 Å². The van der Waals surface area contributed by atoms with Gasteiger partial charge in [-0.15, -0.1) is 0 Å². The monoisotopic (exact) mass is 247 g/mol. The summed E-state index contributed by atoms with van der Waals surface area (Å²) in [4.78, 5) is 0. The Labute approximate surface area is 97.7 Å². The molecule has 2 fully saturated rings. The molecule has 1 atom stereocenters. The maximum Gasteiger partial charge on any atom is 0.214 e. The zero-order valence-corrected chi connectivity index (χ0v) is 10.5. The first-order valence-corrected chi connectivity index (χ1v) is 7.85. The fourth-order valence-corrected chi connectivity index (χ4v) is 4.64. The van der Waals surface area contributed by atoms with Crippen LogP contribution in [0.1, 0.15) is 38.5 Å². The molecule has 0 aromatic heterocycles. The number of aliphatic hydroxyl groups is 1. The van der Waals surface area contributed by atoms with Crippen LogP contribution >= 0.6 is 0 Å². The summed E-state index contributed by atoms with van der Waals surface area (Å²) in [5.41, 5.74) is 0. The van der Waals surface area contributed by atoms with Gasteiger partial charge in [0.15, 0.2) is 0 Å². The topological polar surface area (TPSA) is 57.6 Å². The molecule has 0 amide bonds. The van der Waals surface area contributed by atoms with Gasteiger partial charge in [-0.1, -0.05) is 19.3 Å². The number of aliphatic hydroxyl groups excluding tert-OH is 1. The van der Waals surface area contributed by atoms with Crippen molar-refractivity contribution in [2.24, 2.45) is 5.92 Å². The van der Waals surface area contributed by atoms with E-state index in [2.05, 4.69) is 0 Å². The standard InChI is InChI=1S/C11H21NO3S/c13-11-6-7-12(8-11)16(14,15)9-10-4-2-1-3-5-10/h10-11,13H,1-9H2/t11-/m0/s1. The van der Waals surface area contributed by atoms with E-state index < -0.39 is 16.1 Å². The Bertz CT molecular complexity index is 322. The number of β-amino-alcohol motifs (C(OH)–C–C–N with tert-alkyl or cyclic N) is 1. The molecule has 94 valence electrons. The van der Waals surface area contributed by atoms with Gasteiger partial charge in [0.05, 0.1) is 11.9 Å². The molecular formula is C11H21NO3S. The van der Waals surface area contributed by atoms with Gasteiger partial charge in [0.25, 0.3) is 0 Å². The van der Waals surface area contributed by atoms with Gasteiger partial charge in [-0.05, 0) is 25.2 Å². The fourth-order valence-electron chi connectivity index (χ4n) is 2.72. The normalized spacial score (nSPS) is 29.7. The highest BCUT2D eigenvalue weighted by molar-refractivity contribution is 7.89. The van der Waals surface area contributed by atoms with Gasteiger partial charge < -0.3 is 5.11 Å². The van der Waals surface area contributed by atoms with Crippen LogP contribution < -0.4 is 0 Å². The third-order valence-corrected chi connectivity index (χ3v) is 5.70. The van der Waals surface area contributed by atoms with Crippen LogP contribution in [0.4, 0.5) is 0 Å². The Morgan fingerprint density at radius 2 is 1.81 bits per heavy atom. The van der Waals surface area contributed by atoms with E-state index >= 15 is 0 Å². The van der Waals surface area contributed by atoms with E-state index in [4.69, 9.17) is 0 Å². The van der Waals surface area contributed by atoms with E-state index in [1.54, 1.807) is 0 Å². The SMILES string of the molecule is O=S(=O)(CC1CCCCC1)N1CC[C@H](O)C1. The number of sulfonamides is 1. The van der Waals surface area contributed by atoms with Crippen LogP contribution in [0.5, 0.6) is 0 Å². The van der Waals surface area contributed by atoms with Crippen LogP contribution in [0, 0.1) is 5.92 Å². The average Bonchev–Trinajstić information content (AvgIpc) is 2.66. The molecule has 0 aromatic carbocycles. The first kappa shape index (κ1) is 12.3. The van der Waals surface area contributed by atoms with E-state index in [0.29, 0.717) is 31.2 Å². The van der Waals surface area contributed by atoms with E-state index in [1.807, 2.05) is 0 Å². The second-order valence-corrected chi connectivity index (χ2v) is 7.10. The van der Waals surface area contributed by atoms with Crippen molar-refractivity contribution >= 4 is 10.0 Å². The van der Waals surface area contributed by atoms with Gasteiger partial charge in [-0.3, -0.25) is 0 Å². The molecule has 2 rings (SSSR count). The van der Waals surface area contributed by atoms with Gasteiger partial charge in [-0.25, -0.2) is 8.42 Å². The van der Waals surface area contributed by atoms with Crippen LogP contribution in [0.25, 0.3) is 0 Å². The van der Waals surface area contributed by atoms with E-state index in [1.165, 1.54) is 23.6 Å². The predicted molar refractivity (Wildman–Crippen MR) is 62.6 cm³/mol. The van der Waals surface area contributed by atoms with E-state index in [-0.39, 0.29) is 0 Å². The lowest BCUT2D eigenvalue weighted by atomic mass is 9.91. The summed E-state index contributed by atoms with van der Waals surface area (Å²) in [7, 11) is -3.12. The summed E-state index contributed by atoms with van der Waals surface area (Å²) < 4.78 is 25.6. The van der Waals surface area contributed by atoms with Crippen molar-refractivity contribution in [3.8, 4) is 0 Å². The number of rotatable bonds is 3. The summed E-state index contributed by atoms with van der Waals surface area (Å²) >= 11 is 0. The fraction of sp³-hybridized carbons (Fsp3) is 1.00. The quantitative estimate of drug-likeness (QED) is 0.808. The largest absolute Gasteiger partial charge is 0.392 e. The lowest BCUT2D eigenvalue weighted by molar-refractivity contribution is 0.189. The summed E-state index contributed by atoms with van der Waals surface area (Å²) in [6.45, 7) is 0.797. The predicted octanol–water partition coefficient (Wildman–Crippen LogP) is 0.963. The highest BCUT2D eigenvalue weighted by Crippen LogP contribution is 2.26. The van der Waals surface area contributed by atoms with Crippen LogP contribution in [0.2, 0.25) is 0 Å². The molecule has 1 heterocycles. The highest BCUT2D eigenvalue weighted by atomic mass is 32.2. The highest BCUT2D eigenvalue weighted by Gasteiger charge is 2.32. The Morgan fingerprint density at radius 1 is 1.12 bits per heavy atom. The summed E-state index contributed by atoms with van der Waals surface area (Å²) in [5, 5.41) is 9.36. The molecular weight excluding hydrogens is 226 g/mol. The second-order valence-electron chi connectivity index (χ2n) is 5.08. The molecule has 5 heteroatoms. The van der Waals surface area contributed by atoms with Gasteiger partial charge in [-0.2, -0.15) is 4.31 Å². The molecule has 0 unspecified atom stereocenters. The Hall–Kier alpha value is -0.130. The molecule has 0 spiro atoms. The molecule has 1 saturated carbocycles. The first-order chi connectivity index (χ1) is 7.58. The van der Waals surface area contributed by atoms with Crippen molar-refractivity contribution in [1.29, 1.82) is 0 Å². The maximum absolute atomic E-state index is 12.1. The Kier molecular flexibility index (Phi) is 3.87. The summed E-state index contributed by atoms with van der Waals surface area (Å²) in [6.07, 6.45) is 5.82. The molecule has 2 aliphatic rings. The molecule has 1 saturated heterocycles. The zero-order chi connectivity index (χ0) is 11.6. The van der Waals surface area contributed by atoms with E-state index in [0.717, 1.165) is 12.8 Å². The molecule has 1 aliphatic carbocycles. The molecule has 0 aromatic rings. The summed E-state index contributed by atoms with van der Waals surface area (Å²) in [5.74, 6) is 0.635. The first-order valence-electron chi connectivity index (χ1n) is 6.24. The number of hydrogen-bond donors (Lipinski definition) is 1. The second kappa shape index (κ2) is 5.02. The van der Waals surface area contributed by atoms with Crippen LogP contribution in [0.15, 0.2) is 0 Å². The molecule has 4 nitrogen and oxygen atoms in total. The average molecular weight is 247 g/mol. The van der Waals surface area contributed by atoms with Crippen molar-refractivity contribution < 1.29 is 13.5 Å². The van der Waals surface area contributed by atoms with Crippen LogP contribution in [-0.2, 0) is 10.0 Å². The van der Waals surface area contributed by atoms with E-state index in [9.17, 15) is 13.5 Å². The lowest BCUT2D eigenvalue weighted by Gasteiger charge is -2.24. The minimum Gasteiger partial charge on any atom is -0.392 e. The van der Waals surface area contributed by atoms with Gasteiger partial charge >= 0.3 is 0 Å². The minimum absolute atomic E-state index is 0.291. The van der Waals surface area contributed by atoms with Gasteiger partial charge in [0.1, 0.15) is 0 Å². The molecule has 1 aliphatic heterocycles. The number of hydrogen-bond acceptors (Lipinski definition) is 3. The van der Waals surface area contributed by atoms with Gasteiger partial charge in [0, 0.05) is 13.1 Å². The van der Waals surface area contributed by atoms with Crippen molar-refractivity contribution in [2.75, 3.05) is 18.8 Å². The van der Waals surface area contributed by atoms with Crippen LogP contribution in [0.3, 0.4) is 0 Å². The van der Waals surface area contributed by atoms with Crippen molar-refractivity contribution in [2.45, 2.75) is 44.6 Å². The maximum atomic E-state index is 12.1. The Morgan fingerprint density at radius 3 is 2.38 bits per heavy atom. The smallest absolute Gasteiger partial charge is 0.214 e. The van der Waals surface area contributed by atoms with Crippen LogP contribution in [-0.4, -0.2) is 42.8 Å². The summed E-state index contributed by atoms with van der Waals surface area (Å²) in [6, 6.07) is 0. The zero-order valence-electron chi connectivity index (χ0n) is 9.64. The number of nitrogens with zero attached hydrogens (tertiary/aromatic N) is 1.